The van der Waals surface area contributed by atoms with Gasteiger partial charge in [0.05, 0.1) is 18.5 Å². The monoisotopic (exact) mass is 314 g/mol. The van der Waals surface area contributed by atoms with E-state index in [4.69, 9.17) is 4.42 Å². The van der Waals surface area contributed by atoms with Crippen molar-refractivity contribution < 1.29 is 14.6 Å². The van der Waals surface area contributed by atoms with Crippen molar-refractivity contribution in [3.05, 3.63) is 29.7 Å². The average Bonchev–Trinajstić information content (AvgIpc) is 3.09. The van der Waals surface area contributed by atoms with Crippen LogP contribution in [-0.4, -0.2) is 22.4 Å². The zero-order valence-corrected chi connectivity index (χ0v) is 13.8. The van der Waals surface area contributed by atoms with Gasteiger partial charge in [-0.2, -0.15) is 0 Å². The molecule has 0 aliphatic heterocycles. The summed E-state index contributed by atoms with van der Waals surface area (Å²) < 4.78 is 5.64. The summed E-state index contributed by atoms with van der Waals surface area (Å²) in [5, 5.41) is 20.7. The second-order valence-electron chi connectivity index (χ2n) is 8.86. The minimum Gasteiger partial charge on any atom is -0.465 e. The number of fused-ring (bicyclic) bond motifs is 5. The Balaban J connectivity index is 1.58. The van der Waals surface area contributed by atoms with Crippen molar-refractivity contribution in [3.8, 4) is 0 Å². The second kappa shape index (κ2) is 4.31. The fraction of sp³-hybridized carbons (Fsp3) is 0.700. The van der Waals surface area contributed by atoms with Gasteiger partial charge in [0.25, 0.3) is 0 Å². The number of hydrogen-bond acceptors (Lipinski definition) is 3. The van der Waals surface area contributed by atoms with Gasteiger partial charge in [-0.15, -0.1) is 0 Å². The molecule has 1 spiro atoms. The SMILES string of the molecule is C[C@]12C=Cc3occc3[C@H]1CC[C@]13C[C@H](CC[C@@H]12)[C@](O)(CO)C3. The standard InChI is InChI=1S/C20H26O3/c1-18-7-5-16-14(6-9-23-16)15(18)4-8-19-10-13(2-3-17(18)19)20(22,11-19)12-21/h5-7,9,13,15,17,21-22H,2-4,8,10-12H2,1H3/t13-,15+,17+,18-,19+,20+/m0/s1. The largest absolute Gasteiger partial charge is 0.465 e. The highest BCUT2D eigenvalue weighted by molar-refractivity contribution is 5.55. The van der Waals surface area contributed by atoms with Crippen LogP contribution in [0, 0.1) is 22.7 Å². The van der Waals surface area contributed by atoms with Crippen molar-refractivity contribution in [2.45, 2.75) is 57.0 Å². The molecule has 124 valence electrons. The molecule has 0 amide bonds. The maximum atomic E-state index is 10.9. The van der Waals surface area contributed by atoms with Crippen molar-refractivity contribution in [1.82, 2.24) is 0 Å². The quantitative estimate of drug-likeness (QED) is 0.830. The first-order chi connectivity index (χ1) is 11.0. The molecule has 3 fully saturated rings. The molecule has 4 aliphatic carbocycles. The van der Waals surface area contributed by atoms with E-state index in [1.165, 1.54) is 18.4 Å². The molecule has 5 rings (SSSR count). The smallest absolute Gasteiger partial charge is 0.129 e. The van der Waals surface area contributed by atoms with Gasteiger partial charge in [0.2, 0.25) is 0 Å². The molecular weight excluding hydrogens is 288 g/mol. The van der Waals surface area contributed by atoms with E-state index in [0.29, 0.717) is 17.8 Å². The first-order valence-electron chi connectivity index (χ1n) is 9.11. The van der Waals surface area contributed by atoms with E-state index in [-0.39, 0.29) is 17.4 Å². The Bertz CT molecular complexity index is 676. The van der Waals surface area contributed by atoms with Crippen LogP contribution in [-0.2, 0) is 0 Å². The van der Waals surface area contributed by atoms with Crippen molar-refractivity contribution >= 4 is 6.08 Å². The first kappa shape index (κ1) is 14.3. The lowest BCUT2D eigenvalue weighted by molar-refractivity contribution is -0.0517. The minimum absolute atomic E-state index is 0.0754. The van der Waals surface area contributed by atoms with Crippen LogP contribution >= 0.6 is 0 Å². The summed E-state index contributed by atoms with van der Waals surface area (Å²) in [4.78, 5) is 0. The van der Waals surface area contributed by atoms with Crippen LogP contribution in [0.25, 0.3) is 6.08 Å². The Kier molecular flexibility index (Phi) is 2.68. The van der Waals surface area contributed by atoms with Crippen LogP contribution in [0.4, 0.5) is 0 Å². The molecule has 2 bridgehead atoms. The van der Waals surface area contributed by atoms with Gasteiger partial charge in [-0.05, 0) is 79.3 Å². The molecule has 3 heteroatoms. The Morgan fingerprint density at radius 1 is 1.30 bits per heavy atom. The minimum atomic E-state index is -0.836. The van der Waals surface area contributed by atoms with E-state index in [9.17, 15) is 10.2 Å². The highest BCUT2D eigenvalue weighted by Crippen LogP contribution is 2.71. The third kappa shape index (κ3) is 1.63. The van der Waals surface area contributed by atoms with E-state index in [0.717, 1.165) is 31.4 Å². The summed E-state index contributed by atoms with van der Waals surface area (Å²) in [6, 6.07) is 2.16. The zero-order chi connectivity index (χ0) is 15.9. The molecule has 1 heterocycles. The van der Waals surface area contributed by atoms with Gasteiger partial charge in [0.15, 0.2) is 0 Å². The number of hydrogen-bond donors (Lipinski definition) is 2. The maximum Gasteiger partial charge on any atom is 0.129 e. The number of allylic oxidation sites excluding steroid dienone is 1. The zero-order valence-electron chi connectivity index (χ0n) is 13.8. The lowest BCUT2D eigenvalue weighted by Gasteiger charge is -2.58. The molecule has 1 aromatic heterocycles. The lowest BCUT2D eigenvalue weighted by Crippen LogP contribution is -2.49. The summed E-state index contributed by atoms with van der Waals surface area (Å²) in [6.07, 6.45) is 12.9. The molecule has 1 aromatic rings. The normalized spacial score (nSPS) is 50.3. The molecule has 4 aliphatic rings. The topological polar surface area (TPSA) is 53.6 Å². The highest BCUT2D eigenvalue weighted by Gasteiger charge is 2.65. The van der Waals surface area contributed by atoms with E-state index >= 15 is 0 Å². The summed E-state index contributed by atoms with van der Waals surface area (Å²) in [5.74, 6) is 2.47. The van der Waals surface area contributed by atoms with Gasteiger partial charge < -0.3 is 14.6 Å². The third-order valence-electron chi connectivity index (χ3n) is 8.02. The van der Waals surface area contributed by atoms with Gasteiger partial charge in [-0.1, -0.05) is 13.0 Å². The molecule has 0 unspecified atom stereocenters. The molecule has 23 heavy (non-hydrogen) atoms. The fourth-order valence-electron chi connectivity index (χ4n) is 7.06. The Morgan fingerprint density at radius 3 is 3.00 bits per heavy atom. The molecule has 3 nitrogen and oxygen atoms in total. The lowest BCUT2D eigenvalue weighted by atomic mass is 9.46. The number of aliphatic hydroxyl groups is 2. The molecule has 2 N–H and O–H groups in total. The second-order valence-corrected chi connectivity index (χ2v) is 8.86. The van der Waals surface area contributed by atoms with Gasteiger partial charge in [-0.3, -0.25) is 0 Å². The van der Waals surface area contributed by atoms with Gasteiger partial charge >= 0.3 is 0 Å². The molecular formula is C20H26O3. The van der Waals surface area contributed by atoms with E-state index < -0.39 is 5.60 Å². The van der Waals surface area contributed by atoms with Crippen molar-refractivity contribution in [2.75, 3.05) is 6.61 Å². The van der Waals surface area contributed by atoms with Crippen LogP contribution in [0.15, 0.2) is 22.8 Å². The van der Waals surface area contributed by atoms with Crippen molar-refractivity contribution in [3.63, 3.8) is 0 Å². The van der Waals surface area contributed by atoms with Crippen LogP contribution < -0.4 is 0 Å². The first-order valence-corrected chi connectivity index (χ1v) is 9.11. The average molecular weight is 314 g/mol. The van der Waals surface area contributed by atoms with Gasteiger partial charge in [0.1, 0.15) is 5.76 Å². The predicted octanol–water partition coefficient (Wildman–Crippen LogP) is 3.72. The molecule has 0 saturated heterocycles. The molecule has 0 aromatic carbocycles. The summed E-state index contributed by atoms with van der Waals surface area (Å²) in [5.41, 5.74) is 0.914. The Morgan fingerprint density at radius 2 is 2.17 bits per heavy atom. The third-order valence-corrected chi connectivity index (χ3v) is 8.02. The highest BCUT2D eigenvalue weighted by atomic mass is 16.3. The summed E-state index contributed by atoms with van der Waals surface area (Å²) >= 11 is 0. The predicted molar refractivity (Wildman–Crippen MR) is 87.7 cm³/mol. The molecule has 3 saturated carbocycles. The maximum absolute atomic E-state index is 10.9. The van der Waals surface area contributed by atoms with E-state index in [2.05, 4.69) is 25.1 Å². The van der Waals surface area contributed by atoms with Crippen LogP contribution in [0.2, 0.25) is 0 Å². The van der Waals surface area contributed by atoms with Crippen LogP contribution in [0.5, 0.6) is 0 Å². The molecule has 6 atom stereocenters. The van der Waals surface area contributed by atoms with Gasteiger partial charge in [-0.25, -0.2) is 0 Å². The number of rotatable bonds is 1. The van der Waals surface area contributed by atoms with Crippen LogP contribution in [0.1, 0.15) is 62.7 Å². The van der Waals surface area contributed by atoms with Gasteiger partial charge in [0, 0.05) is 5.56 Å². The fourth-order valence-corrected chi connectivity index (χ4v) is 7.06. The van der Waals surface area contributed by atoms with E-state index in [1.54, 1.807) is 0 Å². The number of aliphatic hydroxyl groups excluding tert-OH is 1. The Labute approximate surface area is 137 Å². The number of furan rings is 1. The van der Waals surface area contributed by atoms with Crippen molar-refractivity contribution in [1.29, 1.82) is 0 Å². The van der Waals surface area contributed by atoms with E-state index in [1.807, 2.05) is 6.26 Å². The summed E-state index contributed by atoms with van der Waals surface area (Å²) in [7, 11) is 0. The Hall–Kier alpha value is -1.06. The molecule has 0 radical (unpaired) electrons. The van der Waals surface area contributed by atoms with Crippen LogP contribution in [0.3, 0.4) is 0 Å². The summed E-state index contributed by atoms with van der Waals surface area (Å²) in [6.45, 7) is 2.35. The van der Waals surface area contributed by atoms with Crippen molar-refractivity contribution in [2.24, 2.45) is 22.7 Å².